The maximum atomic E-state index is 14.1. The maximum absolute atomic E-state index is 14.1. The van der Waals surface area contributed by atoms with Gasteiger partial charge in [0.15, 0.2) is 0 Å². The van der Waals surface area contributed by atoms with Gasteiger partial charge in [0.05, 0.1) is 18.1 Å². The summed E-state index contributed by atoms with van der Waals surface area (Å²) in [5.74, 6) is -2.50. The summed E-state index contributed by atoms with van der Waals surface area (Å²) < 4.78 is 12.2. The highest BCUT2D eigenvalue weighted by Gasteiger charge is 2.80. The number of aliphatic hydroxyl groups is 1. The Hall–Kier alpha value is -2.19. The van der Waals surface area contributed by atoms with Gasteiger partial charge in [0.1, 0.15) is 17.6 Å². The molecule has 3 fully saturated rings. The van der Waals surface area contributed by atoms with Crippen molar-refractivity contribution in [3.05, 3.63) is 25.3 Å². The summed E-state index contributed by atoms with van der Waals surface area (Å²) >= 11 is 0. The molecule has 8 nitrogen and oxygen atoms in total. The van der Waals surface area contributed by atoms with Gasteiger partial charge < -0.3 is 24.4 Å². The van der Waals surface area contributed by atoms with Crippen molar-refractivity contribution < 1.29 is 29.0 Å². The van der Waals surface area contributed by atoms with Crippen LogP contribution in [0.4, 0.5) is 0 Å². The van der Waals surface area contributed by atoms with Gasteiger partial charge in [0, 0.05) is 26.2 Å². The van der Waals surface area contributed by atoms with Gasteiger partial charge in [-0.05, 0) is 38.5 Å². The van der Waals surface area contributed by atoms with E-state index in [2.05, 4.69) is 20.1 Å². The molecule has 3 unspecified atom stereocenters. The summed E-state index contributed by atoms with van der Waals surface area (Å²) in [6.07, 6.45) is 7.64. The fourth-order valence-electron chi connectivity index (χ4n) is 6.36. The lowest BCUT2D eigenvalue weighted by atomic mass is 9.62. The number of likely N-dealkylation sites (tertiary alicyclic amines) is 1. The average Bonchev–Trinajstić information content (AvgIpc) is 3.33. The van der Waals surface area contributed by atoms with E-state index in [9.17, 15) is 19.5 Å². The van der Waals surface area contributed by atoms with Crippen LogP contribution < -0.4 is 0 Å². The number of aliphatic hydroxyl groups excluding tert-OH is 1. The van der Waals surface area contributed by atoms with Gasteiger partial charge in [-0.2, -0.15) is 0 Å². The molecule has 0 saturated carbocycles. The van der Waals surface area contributed by atoms with Crippen LogP contribution in [0.1, 0.15) is 59.3 Å². The molecule has 1 spiro atoms. The molecule has 0 radical (unpaired) electrons. The summed E-state index contributed by atoms with van der Waals surface area (Å²) in [6, 6.07) is -0.844. The van der Waals surface area contributed by atoms with Gasteiger partial charge in [0.2, 0.25) is 11.8 Å². The molecule has 0 aromatic carbocycles. The van der Waals surface area contributed by atoms with Crippen LogP contribution in [-0.2, 0) is 23.9 Å². The first-order chi connectivity index (χ1) is 16.7. The van der Waals surface area contributed by atoms with Crippen molar-refractivity contribution >= 4 is 17.8 Å². The quantitative estimate of drug-likeness (QED) is 0.229. The molecule has 3 rings (SSSR count). The summed E-state index contributed by atoms with van der Waals surface area (Å²) in [5.41, 5.74) is -1.98. The molecule has 3 aliphatic heterocycles. The molecule has 0 aliphatic carbocycles. The fraction of sp³-hybridized carbons (Fsp3) is 0.741. The molecule has 2 bridgehead atoms. The first kappa shape index (κ1) is 27.4. The molecule has 3 aliphatic rings. The average molecular weight is 491 g/mol. The molecular formula is C27H42N2O6. The number of fused-ring (bicyclic) bond motifs is 1. The molecular weight excluding hydrogens is 448 g/mol. The lowest BCUT2D eigenvalue weighted by Crippen LogP contribution is -2.56. The van der Waals surface area contributed by atoms with Gasteiger partial charge in [0.25, 0.3) is 0 Å². The SMILES string of the molecule is C=CCCOC(=O)[C@H]1[C@H]2C(=O)N(CCCO)C(C(=O)N(CC=C)CCCCC)C23CC(C)[C@]1(C)O3. The van der Waals surface area contributed by atoms with Gasteiger partial charge in [-0.25, -0.2) is 0 Å². The van der Waals surface area contributed by atoms with Crippen molar-refractivity contribution in [1.29, 1.82) is 0 Å². The first-order valence-corrected chi connectivity index (χ1v) is 13.0. The molecule has 1 N–H and O–H groups in total. The number of hydrogen-bond donors (Lipinski definition) is 1. The van der Waals surface area contributed by atoms with Crippen LogP contribution in [-0.4, -0.2) is 82.8 Å². The van der Waals surface area contributed by atoms with E-state index >= 15 is 0 Å². The van der Waals surface area contributed by atoms with Crippen LogP contribution in [0.2, 0.25) is 0 Å². The standard InChI is InChI=1S/C27H42N2O6/c1-6-9-11-14-28(13-8-3)24(32)22-27-18-19(4)26(5,35-27)21(25(33)34-17-10-7-2)20(27)23(31)29(22)15-12-16-30/h7-8,19-22,30H,2-3,6,9-18H2,1,4-5H3/t19?,20-,21+,22?,26-,27?/m0/s1. The number of rotatable bonds is 14. The molecule has 3 saturated heterocycles. The van der Waals surface area contributed by atoms with Crippen LogP contribution in [0.15, 0.2) is 25.3 Å². The van der Waals surface area contributed by atoms with Crippen molar-refractivity contribution in [3.63, 3.8) is 0 Å². The predicted octanol–water partition coefficient (Wildman–Crippen LogP) is 2.70. The van der Waals surface area contributed by atoms with Gasteiger partial charge in [-0.15, -0.1) is 13.2 Å². The highest BCUT2D eigenvalue weighted by atomic mass is 16.6. The molecule has 0 aromatic heterocycles. The number of unbranched alkanes of at least 4 members (excludes halogenated alkanes) is 2. The van der Waals surface area contributed by atoms with Crippen LogP contribution in [0.3, 0.4) is 0 Å². The summed E-state index contributed by atoms with van der Waals surface area (Å²) in [5, 5.41) is 9.49. The van der Waals surface area contributed by atoms with Crippen molar-refractivity contribution in [1.82, 2.24) is 9.80 Å². The van der Waals surface area contributed by atoms with Crippen molar-refractivity contribution in [3.8, 4) is 0 Å². The van der Waals surface area contributed by atoms with E-state index in [0.29, 0.717) is 32.4 Å². The zero-order valence-electron chi connectivity index (χ0n) is 21.5. The van der Waals surface area contributed by atoms with Crippen molar-refractivity contribution in [2.45, 2.75) is 76.5 Å². The van der Waals surface area contributed by atoms with Crippen LogP contribution in [0.25, 0.3) is 0 Å². The van der Waals surface area contributed by atoms with Crippen molar-refractivity contribution in [2.75, 3.05) is 32.8 Å². The van der Waals surface area contributed by atoms with E-state index in [1.165, 1.54) is 0 Å². The van der Waals surface area contributed by atoms with E-state index in [1.54, 1.807) is 22.0 Å². The minimum absolute atomic E-state index is 0.0375. The zero-order chi connectivity index (χ0) is 25.8. The number of carbonyl (C=O) groups excluding carboxylic acids is 3. The van der Waals surface area contributed by atoms with E-state index in [4.69, 9.17) is 9.47 Å². The maximum Gasteiger partial charge on any atom is 0.312 e. The Balaban J connectivity index is 2.01. The molecule has 0 aromatic rings. The Morgan fingerprint density at radius 3 is 2.66 bits per heavy atom. The highest BCUT2D eigenvalue weighted by Crippen LogP contribution is 2.65. The molecule has 2 amide bonds. The number of hydrogen-bond acceptors (Lipinski definition) is 6. The minimum Gasteiger partial charge on any atom is -0.465 e. The number of ether oxygens (including phenoxy) is 2. The van der Waals surface area contributed by atoms with Crippen LogP contribution >= 0.6 is 0 Å². The normalized spacial score (nSPS) is 33.0. The topological polar surface area (TPSA) is 96.4 Å². The first-order valence-electron chi connectivity index (χ1n) is 13.0. The van der Waals surface area contributed by atoms with E-state index in [1.807, 2.05) is 13.8 Å². The van der Waals surface area contributed by atoms with Gasteiger partial charge in [-0.3, -0.25) is 14.4 Å². The predicted molar refractivity (Wildman–Crippen MR) is 132 cm³/mol. The lowest BCUT2D eigenvalue weighted by molar-refractivity contribution is -0.162. The van der Waals surface area contributed by atoms with E-state index < -0.39 is 35.0 Å². The second-order valence-corrected chi connectivity index (χ2v) is 10.3. The summed E-state index contributed by atoms with van der Waals surface area (Å²) in [7, 11) is 0. The molecule has 196 valence electrons. The van der Waals surface area contributed by atoms with E-state index in [0.717, 1.165) is 19.3 Å². The van der Waals surface area contributed by atoms with E-state index in [-0.39, 0.29) is 37.5 Å². The summed E-state index contributed by atoms with van der Waals surface area (Å²) in [6.45, 7) is 14.7. The molecule has 6 atom stereocenters. The Morgan fingerprint density at radius 1 is 1.29 bits per heavy atom. The fourth-order valence-corrected chi connectivity index (χ4v) is 6.36. The minimum atomic E-state index is -1.09. The van der Waals surface area contributed by atoms with Crippen LogP contribution in [0.5, 0.6) is 0 Å². The molecule has 8 heteroatoms. The second-order valence-electron chi connectivity index (χ2n) is 10.3. The second kappa shape index (κ2) is 11.2. The van der Waals surface area contributed by atoms with Gasteiger partial charge in [-0.1, -0.05) is 38.8 Å². The Bertz CT molecular complexity index is 830. The monoisotopic (exact) mass is 490 g/mol. The summed E-state index contributed by atoms with van der Waals surface area (Å²) in [4.78, 5) is 44.6. The largest absolute Gasteiger partial charge is 0.465 e. The molecule has 35 heavy (non-hydrogen) atoms. The smallest absolute Gasteiger partial charge is 0.312 e. The lowest BCUT2D eigenvalue weighted by Gasteiger charge is -2.37. The third kappa shape index (κ3) is 4.67. The van der Waals surface area contributed by atoms with Crippen molar-refractivity contribution in [2.24, 2.45) is 17.8 Å². The number of amides is 2. The Morgan fingerprint density at radius 2 is 2.03 bits per heavy atom. The Kier molecular flexibility index (Phi) is 8.81. The third-order valence-electron chi connectivity index (χ3n) is 8.12. The zero-order valence-corrected chi connectivity index (χ0v) is 21.5. The molecule has 3 heterocycles. The van der Waals surface area contributed by atoms with Crippen LogP contribution in [0, 0.1) is 17.8 Å². The number of nitrogens with zero attached hydrogens (tertiary/aromatic N) is 2. The highest BCUT2D eigenvalue weighted by molar-refractivity contribution is 5.98. The third-order valence-corrected chi connectivity index (χ3v) is 8.12. The van der Waals surface area contributed by atoms with Gasteiger partial charge >= 0.3 is 5.97 Å². The number of carbonyl (C=O) groups is 3. The Labute approximate surface area is 209 Å². The number of esters is 1.